The van der Waals surface area contributed by atoms with E-state index >= 15 is 0 Å². The molecule has 0 radical (unpaired) electrons. The number of H-pyrrole nitrogens is 1. The van der Waals surface area contributed by atoms with Crippen LogP contribution in [0.1, 0.15) is 37.9 Å². The van der Waals surface area contributed by atoms with Crippen LogP contribution in [-0.2, 0) is 9.53 Å². The number of aromatic amines is 1. The van der Waals surface area contributed by atoms with Crippen LogP contribution in [0.25, 0.3) is 0 Å². The Morgan fingerprint density at radius 1 is 1.64 bits per heavy atom. The van der Waals surface area contributed by atoms with E-state index in [4.69, 9.17) is 4.74 Å². The second kappa shape index (κ2) is 6.06. The second-order valence-corrected chi connectivity index (χ2v) is 3.04. The monoisotopic (exact) mass is 198 g/mol. The van der Waals surface area contributed by atoms with Crippen LogP contribution in [0.5, 0.6) is 0 Å². The van der Waals surface area contributed by atoms with E-state index in [0.29, 0.717) is 18.9 Å². The van der Waals surface area contributed by atoms with Crippen molar-refractivity contribution < 1.29 is 9.53 Å². The highest BCUT2D eigenvalue weighted by atomic mass is 16.5. The van der Waals surface area contributed by atoms with E-state index in [1.54, 1.807) is 0 Å². The van der Waals surface area contributed by atoms with E-state index in [2.05, 4.69) is 27.5 Å². The molecule has 0 bridgehead atoms. The quantitative estimate of drug-likeness (QED) is 0.650. The molecular weight excluding hydrogens is 184 g/mol. The molecule has 0 spiro atoms. The Hall–Kier alpha value is -1.46. The number of aromatic nitrogens is 4. The van der Waals surface area contributed by atoms with Crippen molar-refractivity contribution in [3.8, 4) is 0 Å². The molecule has 1 aromatic heterocycles. The van der Waals surface area contributed by atoms with Crippen molar-refractivity contribution in [1.29, 1.82) is 0 Å². The summed E-state index contributed by atoms with van der Waals surface area (Å²) < 4.78 is 4.71. The van der Waals surface area contributed by atoms with E-state index in [-0.39, 0.29) is 5.92 Å². The lowest BCUT2D eigenvalue weighted by Gasteiger charge is -2.10. The zero-order chi connectivity index (χ0) is 10.2. The molecule has 0 saturated heterocycles. The number of ether oxygens (including phenoxy) is 1. The zero-order valence-electron chi connectivity index (χ0n) is 8.14. The lowest BCUT2D eigenvalue weighted by atomic mass is 10.0. The molecule has 78 valence electrons. The summed E-state index contributed by atoms with van der Waals surface area (Å²) in [5.41, 5.74) is 0. The fourth-order valence-corrected chi connectivity index (χ4v) is 1.24. The minimum absolute atomic E-state index is 0.0545. The number of unbranched alkanes of at least 4 members (excludes halogenated alkanes) is 1. The highest BCUT2D eigenvalue weighted by molar-refractivity contribution is 5.37. The molecule has 1 rings (SSSR count). The molecule has 1 aromatic rings. The number of hydrogen-bond acceptors (Lipinski definition) is 5. The third-order valence-electron chi connectivity index (χ3n) is 2.00. The average molecular weight is 198 g/mol. The molecule has 14 heavy (non-hydrogen) atoms. The normalized spacial score (nSPS) is 12.4. The number of hydrogen-bond donors (Lipinski definition) is 1. The molecule has 6 nitrogen and oxygen atoms in total. The van der Waals surface area contributed by atoms with E-state index in [0.717, 1.165) is 19.3 Å². The molecule has 0 aliphatic carbocycles. The number of carbonyl (C=O) groups is 1. The molecule has 0 aliphatic rings. The smallest absolute Gasteiger partial charge is 0.293 e. The van der Waals surface area contributed by atoms with Crippen LogP contribution >= 0.6 is 0 Å². The SMILES string of the molecule is CCCCC(COC=O)c1nn[nH]n1. The minimum Gasteiger partial charge on any atom is -0.467 e. The van der Waals surface area contributed by atoms with Gasteiger partial charge in [-0.2, -0.15) is 5.21 Å². The van der Waals surface area contributed by atoms with Crippen molar-refractivity contribution in [3.63, 3.8) is 0 Å². The summed E-state index contributed by atoms with van der Waals surface area (Å²) >= 11 is 0. The largest absolute Gasteiger partial charge is 0.467 e. The van der Waals surface area contributed by atoms with Crippen LogP contribution in [0, 0.1) is 0 Å². The molecule has 0 amide bonds. The van der Waals surface area contributed by atoms with Crippen LogP contribution in [0.2, 0.25) is 0 Å². The number of nitrogens with one attached hydrogen (secondary N) is 1. The van der Waals surface area contributed by atoms with Gasteiger partial charge in [0, 0.05) is 0 Å². The van der Waals surface area contributed by atoms with E-state index in [9.17, 15) is 4.79 Å². The summed E-state index contributed by atoms with van der Waals surface area (Å²) in [5, 5.41) is 13.6. The van der Waals surface area contributed by atoms with Gasteiger partial charge in [0.15, 0.2) is 5.82 Å². The maximum Gasteiger partial charge on any atom is 0.293 e. The second-order valence-electron chi connectivity index (χ2n) is 3.04. The van der Waals surface area contributed by atoms with E-state index in [1.807, 2.05) is 0 Å². The van der Waals surface area contributed by atoms with Crippen LogP contribution < -0.4 is 0 Å². The number of tetrazole rings is 1. The number of nitrogens with zero attached hydrogens (tertiary/aromatic N) is 3. The Morgan fingerprint density at radius 2 is 2.50 bits per heavy atom. The first-order valence-corrected chi connectivity index (χ1v) is 4.67. The fourth-order valence-electron chi connectivity index (χ4n) is 1.24. The van der Waals surface area contributed by atoms with Crippen molar-refractivity contribution >= 4 is 6.47 Å². The molecule has 1 unspecified atom stereocenters. The third kappa shape index (κ3) is 3.12. The van der Waals surface area contributed by atoms with Crippen LogP contribution in [0.3, 0.4) is 0 Å². The lowest BCUT2D eigenvalue weighted by molar-refractivity contribution is -0.129. The van der Waals surface area contributed by atoms with Crippen molar-refractivity contribution in [2.45, 2.75) is 32.1 Å². The van der Waals surface area contributed by atoms with Gasteiger partial charge in [-0.1, -0.05) is 25.0 Å². The molecule has 6 heteroatoms. The van der Waals surface area contributed by atoms with Gasteiger partial charge in [0.25, 0.3) is 6.47 Å². The Bertz CT molecular complexity index is 250. The Kier molecular flexibility index (Phi) is 4.60. The topological polar surface area (TPSA) is 80.8 Å². The highest BCUT2D eigenvalue weighted by Crippen LogP contribution is 2.17. The maximum atomic E-state index is 10.1. The summed E-state index contributed by atoms with van der Waals surface area (Å²) in [6.45, 7) is 2.87. The van der Waals surface area contributed by atoms with Gasteiger partial charge in [-0.25, -0.2) is 0 Å². The molecule has 0 aromatic carbocycles. The van der Waals surface area contributed by atoms with E-state index in [1.165, 1.54) is 0 Å². The summed E-state index contributed by atoms with van der Waals surface area (Å²) in [6, 6.07) is 0. The van der Waals surface area contributed by atoms with Crippen LogP contribution in [0.4, 0.5) is 0 Å². The fraction of sp³-hybridized carbons (Fsp3) is 0.750. The lowest BCUT2D eigenvalue weighted by Crippen LogP contribution is -2.09. The van der Waals surface area contributed by atoms with Gasteiger partial charge in [-0.05, 0) is 6.42 Å². The highest BCUT2D eigenvalue weighted by Gasteiger charge is 2.15. The first-order valence-electron chi connectivity index (χ1n) is 4.67. The molecule has 1 heterocycles. The van der Waals surface area contributed by atoms with Crippen molar-refractivity contribution in [1.82, 2.24) is 20.6 Å². The predicted molar refractivity (Wildman–Crippen MR) is 48.5 cm³/mol. The molecule has 1 N–H and O–H groups in total. The first-order chi connectivity index (χ1) is 6.88. The van der Waals surface area contributed by atoms with Crippen LogP contribution in [0.15, 0.2) is 0 Å². The molecule has 0 saturated carbocycles. The van der Waals surface area contributed by atoms with Gasteiger partial charge in [0.2, 0.25) is 0 Å². The maximum absolute atomic E-state index is 10.1. The average Bonchev–Trinajstić information content (AvgIpc) is 2.71. The van der Waals surface area contributed by atoms with Crippen molar-refractivity contribution in [2.24, 2.45) is 0 Å². The molecular formula is C8H14N4O2. The zero-order valence-corrected chi connectivity index (χ0v) is 8.14. The van der Waals surface area contributed by atoms with Gasteiger partial charge >= 0.3 is 0 Å². The van der Waals surface area contributed by atoms with Gasteiger partial charge in [0.1, 0.15) is 6.61 Å². The summed E-state index contributed by atoms with van der Waals surface area (Å²) in [7, 11) is 0. The standard InChI is InChI=1S/C8H14N4O2/c1-2-3-4-7(5-14-6-13)8-9-11-12-10-8/h6-7H,2-5H2,1H3,(H,9,10,11,12). The van der Waals surface area contributed by atoms with Crippen molar-refractivity contribution in [3.05, 3.63) is 5.82 Å². The Morgan fingerprint density at radius 3 is 3.07 bits per heavy atom. The van der Waals surface area contributed by atoms with Gasteiger partial charge in [-0.15, -0.1) is 10.2 Å². The van der Waals surface area contributed by atoms with Gasteiger partial charge < -0.3 is 4.74 Å². The molecule has 0 fully saturated rings. The van der Waals surface area contributed by atoms with Gasteiger partial charge in [0.05, 0.1) is 5.92 Å². The first kappa shape index (κ1) is 10.6. The number of carbonyl (C=O) groups excluding carboxylic acids is 1. The molecule has 1 atom stereocenters. The Labute approximate surface area is 82.0 Å². The number of rotatable bonds is 7. The van der Waals surface area contributed by atoms with Crippen LogP contribution in [-0.4, -0.2) is 33.7 Å². The summed E-state index contributed by atoms with van der Waals surface area (Å²) in [4.78, 5) is 10.1. The Balaban J connectivity index is 2.48. The van der Waals surface area contributed by atoms with Crippen molar-refractivity contribution in [2.75, 3.05) is 6.61 Å². The van der Waals surface area contributed by atoms with E-state index < -0.39 is 0 Å². The third-order valence-corrected chi connectivity index (χ3v) is 2.00. The summed E-state index contributed by atoms with van der Waals surface area (Å²) in [6.07, 6.45) is 3.06. The van der Waals surface area contributed by atoms with Gasteiger partial charge in [-0.3, -0.25) is 4.79 Å². The summed E-state index contributed by atoms with van der Waals surface area (Å²) in [5.74, 6) is 0.666. The predicted octanol–water partition coefficient (Wildman–Crippen LogP) is 0.646. The molecule has 0 aliphatic heterocycles. The minimum atomic E-state index is 0.0545.